The van der Waals surface area contributed by atoms with Crippen molar-refractivity contribution in [1.29, 1.82) is 0 Å². The van der Waals surface area contributed by atoms with Gasteiger partial charge in [0.1, 0.15) is 10.5 Å². The highest BCUT2D eigenvalue weighted by Crippen LogP contribution is 2.35. The lowest BCUT2D eigenvalue weighted by atomic mass is 10.1. The fourth-order valence-electron chi connectivity index (χ4n) is 2.32. The van der Waals surface area contributed by atoms with Crippen LogP contribution in [0.4, 0.5) is 13.2 Å². The van der Waals surface area contributed by atoms with Crippen molar-refractivity contribution in [2.24, 2.45) is 0 Å². The van der Waals surface area contributed by atoms with Gasteiger partial charge < -0.3 is 10.4 Å². The van der Waals surface area contributed by atoms with Crippen molar-refractivity contribution >= 4 is 23.2 Å². The number of aromatic nitrogens is 1. The first-order valence-electron chi connectivity index (χ1n) is 7.36. The number of halogens is 3. The second-order valence-electron chi connectivity index (χ2n) is 5.83. The molecule has 2 N–H and O–H groups in total. The Morgan fingerprint density at radius 2 is 1.88 bits per heavy atom. The van der Waals surface area contributed by atoms with Crippen LogP contribution < -0.4 is 5.32 Å². The fraction of sp³-hybridized carbons (Fsp3) is 0.312. The Bertz CT molecular complexity index is 811. The molecule has 1 aromatic carbocycles. The van der Waals surface area contributed by atoms with Crippen LogP contribution >= 0.6 is 11.3 Å². The number of thiazole rings is 1. The molecule has 3 rings (SSSR count). The summed E-state index contributed by atoms with van der Waals surface area (Å²) in [5.74, 6) is -1.49. The first kappa shape index (κ1) is 17.4. The van der Waals surface area contributed by atoms with Crippen LogP contribution in [0.2, 0.25) is 0 Å². The summed E-state index contributed by atoms with van der Waals surface area (Å²) in [4.78, 5) is 27.2. The van der Waals surface area contributed by atoms with E-state index in [9.17, 15) is 22.8 Å². The van der Waals surface area contributed by atoms with E-state index in [1.807, 2.05) is 0 Å². The highest BCUT2D eigenvalue weighted by Gasteiger charge is 2.51. The Labute approximate surface area is 144 Å². The number of rotatable bonds is 5. The van der Waals surface area contributed by atoms with E-state index >= 15 is 0 Å². The van der Waals surface area contributed by atoms with Gasteiger partial charge in [-0.3, -0.25) is 4.79 Å². The molecule has 0 aliphatic heterocycles. The number of carboxylic acids is 1. The summed E-state index contributed by atoms with van der Waals surface area (Å²) < 4.78 is 37.7. The zero-order chi connectivity index (χ0) is 18.2. The van der Waals surface area contributed by atoms with Crippen molar-refractivity contribution in [2.45, 2.75) is 31.0 Å². The van der Waals surface area contributed by atoms with E-state index in [2.05, 4.69) is 10.3 Å². The lowest BCUT2D eigenvalue weighted by molar-refractivity contribution is -0.143. The number of carbonyl (C=O) groups is 2. The third kappa shape index (κ3) is 3.81. The van der Waals surface area contributed by atoms with E-state index in [4.69, 9.17) is 5.11 Å². The molecule has 0 bridgehead atoms. The maximum Gasteiger partial charge on any atom is 0.416 e. The fourth-order valence-corrected chi connectivity index (χ4v) is 3.14. The van der Waals surface area contributed by atoms with Gasteiger partial charge >= 0.3 is 12.1 Å². The molecule has 1 aromatic heterocycles. The van der Waals surface area contributed by atoms with E-state index < -0.39 is 29.2 Å². The molecule has 0 atom stereocenters. The minimum Gasteiger partial charge on any atom is -0.480 e. The van der Waals surface area contributed by atoms with Gasteiger partial charge in [0.15, 0.2) is 0 Å². The third-order valence-corrected chi connectivity index (χ3v) is 4.83. The van der Waals surface area contributed by atoms with Crippen LogP contribution in [-0.2, 0) is 22.2 Å². The van der Waals surface area contributed by atoms with E-state index in [0.29, 0.717) is 29.1 Å². The molecule has 0 radical (unpaired) electrons. The number of amides is 1. The van der Waals surface area contributed by atoms with Crippen LogP contribution in [0.3, 0.4) is 0 Å². The summed E-state index contributed by atoms with van der Waals surface area (Å²) in [7, 11) is 0. The number of aliphatic carboxylic acids is 1. The molecular formula is C16H13F3N2O3S. The molecular weight excluding hydrogens is 357 g/mol. The average Bonchev–Trinajstić information content (AvgIpc) is 3.17. The van der Waals surface area contributed by atoms with Gasteiger partial charge in [-0.15, -0.1) is 11.3 Å². The molecule has 0 spiro atoms. The molecule has 5 nitrogen and oxygen atoms in total. The van der Waals surface area contributed by atoms with Crippen LogP contribution in [0.1, 0.15) is 24.1 Å². The quantitative estimate of drug-likeness (QED) is 0.848. The first-order chi connectivity index (χ1) is 11.7. The average molecular weight is 370 g/mol. The summed E-state index contributed by atoms with van der Waals surface area (Å²) in [5.41, 5.74) is -0.924. The molecule has 1 amide bonds. The number of alkyl halides is 3. The monoisotopic (exact) mass is 370 g/mol. The predicted molar refractivity (Wildman–Crippen MR) is 84.0 cm³/mol. The van der Waals surface area contributed by atoms with Crippen molar-refractivity contribution in [2.75, 3.05) is 0 Å². The molecule has 0 saturated heterocycles. The molecule has 1 heterocycles. The molecule has 25 heavy (non-hydrogen) atoms. The summed E-state index contributed by atoms with van der Waals surface area (Å²) in [5, 5.41) is 13.7. The summed E-state index contributed by atoms with van der Waals surface area (Å²) in [6.07, 6.45) is -3.66. The van der Waals surface area contributed by atoms with Crippen LogP contribution in [-0.4, -0.2) is 27.5 Å². The molecule has 2 aromatic rings. The number of hydrogen-bond acceptors (Lipinski definition) is 4. The lowest BCUT2D eigenvalue weighted by Crippen LogP contribution is -2.43. The topological polar surface area (TPSA) is 79.3 Å². The minimum absolute atomic E-state index is 0.0772. The summed E-state index contributed by atoms with van der Waals surface area (Å²) in [6, 6.07) is 4.61. The maximum atomic E-state index is 12.6. The second-order valence-corrected chi connectivity index (χ2v) is 6.69. The first-order valence-corrected chi connectivity index (χ1v) is 8.24. The number of nitrogens with zero attached hydrogens (tertiary/aromatic N) is 1. The molecule has 1 fully saturated rings. The van der Waals surface area contributed by atoms with Crippen LogP contribution in [0, 0.1) is 0 Å². The van der Waals surface area contributed by atoms with Crippen LogP contribution in [0.5, 0.6) is 0 Å². The molecule has 9 heteroatoms. The Balaban J connectivity index is 1.66. The summed E-state index contributed by atoms with van der Waals surface area (Å²) in [6.45, 7) is 0. The zero-order valence-corrected chi connectivity index (χ0v) is 13.6. The van der Waals surface area contributed by atoms with E-state index in [-0.39, 0.29) is 6.42 Å². The number of carbonyl (C=O) groups excluding carboxylic acids is 1. The van der Waals surface area contributed by atoms with Crippen molar-refractivity contribution in [3.63, 3.8) is 0 Å². The molecule has 0 unspecified atom stereocenters. The van der Waals surface area contributed by atoms with E-state index in [1.54, 1.807) is 5.38 Å². The van der Waals surface area contributed by atoms with Crippen molar-refractivity contribution in [1.82, 2.24) is 10.3 Å². The Morgan fingerprint density at radius 3 is 2.40 bits per heavy atom. The van der Waals surface area contributed by atoms with Crippen molar-refractivity contribution in [3.05, 3.63) is 40.9 Å². The van der Waals surface area contributed by atoms with Gasteiger partial charge in [0.2, 0.25) is 5.91 Å². The Morgan fingerprint density at radius 1 is 1.24 bits per heavy atom. The molecule has 1 aliphatic carbocycles. The Hall–Kier alpha value is -2.42. The Kier molecular flexibility index (Phi) is 4.28. The highest BCUT2D eigenvalue weighted by atomic mass is 32.1. The number of nitrogens with one attached hydrogen (secondary N) is 1. The molecule has 1 aliphatic rings. The van der Waals surface area contributed by atoms with Gasteiger partial charge in [-0.1, -0.05) is 12.1 Å². The van der Waals surface area contributed by atoms with Gasteiger partial charge in [0.25, 0.3) is 0 Å². The SMILES string of the molecule is O=C(Cc1csc(-c2ccc(C(F)(F)F)cc2)n1)NC1(C(=O)O)CC1. The van der Waals surface area contributed by atoms with Gasteiger partial charge in [0.05, 0.1) is 17.7 Å². The zero-order valence-electron chi connectivity index (χ0n) is 12.8. The van der Waals surface area contributed by atoms with Gasteiger partial charge in [-0.2, -0.15) is 13.2 Å². The number of carboxylic acid groups (broad SMARTS) is 1. The standard InChI is InChI=1S/C16H13F3N2O3S/c17-16(18,19)10-3-1-9(2-4-10)13-20-11(8-25-13)7-12(22)21-15(5-6-15)14(23)24/h1-4,8H,5-7H2,(H,21,22)(H,23,24). The largest absolute Gasteiger partial charge is 0.480 e. The van der Waals surface area contributed by atoms with E-state index in [0.717, 1.165) is 12.1 Å². The number of benzene rings is 1. The van der Waals surface area contributed by atoms with Crippen LogP contribution in [0.15, 0.2) is 29.6 Å². The van der Waals surface area contributed by atoms with Gasteiger partial charge in [0, 0.05) is 10.9 Å². The maximum absolute atomic E-state index is 12.6. The third-order valence-electron chi connectivity index (χ3n) is 3.89. The van der Waals surface area contributed by atoms with Gasteiger partial charge in [-0.25, -0.2) is 9.78 Å². The summed E-state index contributed by atoms with van der Waals surface area (Å²) >= 11 is 1.21. The minimum atomic E-state index is -4.40. The van der Waals surface area contributed by atoms with Gasteiger partial charge in [-0.05, 0) is 25.0 Å². The molecule has 1 saturated carbocycles. The molecule has 132 valence electrons. The van der Waals surface area contributed by atoms with Crippen LogP contribution in [0.25, 0.3) is 10.6 Å². The normalized spacial score (nSPS) is 15.6. The lowest BCUT2D eigenvalue weighted by Gasteiger charge is -2.11. The van der Waals surface area contributed by atoms with Crippen molar-refractivity contribution < 1.29 is 27.9 Å². The highest BCUT2D eigenvalue weighted by molar-refractivity contribution is 7.13. The number of hydrogen-bond donors (Lipinski definition) is 2. The smallest absolute Gasteiger partial charge is 0.416 e. The predicted octanol–water partition coefficient (Wildman–Crippen LogP) is 3.10. The van der Waals surface area contributed by atoms with E-state index in [1.165, 1.54) is 23.5 Å². The van der Waals surface area contributed by atoms with Crippen molar-refractivity contribution in [3.8, 4) is 10.6 Å². The second kappa shape index (κ2) is 6.14.